The quantitative estimate of drug-likeness (QED) is 0.600. The highest BCUT2D eigenvalue weighted by atomic mass is 35.5. The van der Waals surface area contributed by atoms with Gasteiger partial charge in [-0.25, -0.2) is 9.79 Å². The number of guanidine groups is 1. The minimum Gasteiger partial charge on any atom is -0.444 e. The third kappa shape index (κ3) is 5.83. The number of aromatic nitrogens is 2. The number of aliphatic imine (C=N–C) groups is 1. The molecule has 1 fully saturated rings. The van der Waals surface area contributed by atoms with Crippen molar-refractivity contribution in [1.82, 2.24) is 19.9 Å². The van der Waals surface area contributed by atoms with E-state index in [0.29, 0.717) is 48.9 Å². The maximum Gasteiger partial charge on any atom is 0.410 e. The lowest BCUT2D eigenvalue weighted by Crippen LogP contribution is -2.53. The largest absolute Gasteiger partial charge is 0.444 e. The number of piperazine rings is 1. The highest BCUT2D eigenvalue weighted by molar-refractivity contribution is 6.30. The van der Waals surface area contributed by atoms with E-state index in [2.05, 4.69) is 15.1 Å². The van der Waals surface area contributed by atoms with Crippen molar-refractivity contribution in [3.05, 3.63) is 35.2 Å². The van der Waals surface area contributed by atoms with Crippen LogP contribution in [0.4, 0.5) is 4.79 Å². The first-order chi connectivity index (χ1) is 13.7. The normalized spacial score (nSPS) is 15.5. The average Bonchev–Trinajstić information content (AvgIpc) is 3.14. The summed E-state index contributed by atoms with van der Waals surface area (Å²) in [4.78, 5) is 24.4. The number of ether oxygens (including phenoxy) is 1. The van der Waals surface area contributed by atoms with Crippen LogP contribution >= 0.6 is 11.6 Å². The van der Waals surface area contributed by atoms with Crippen LogP contribution in [0.25, 0.3) is 11.4 Å². The van der Waals surface area contributed by atoms with Gasteiger partial charge in [0.05, 0.1) is 0 Å². The molecule has 156 valence electrons. The van der Waals surface area contributed by atoms with Gasteiger partial charge < -0.3 is 24.8 Å². The maximum absolute atomic E-state index is 12.1. The van der Waals surface area contributed by atoms with Crippen molar-refractivity contribution in [2.75, 3.05) is 26.2 Å². The molecular formula is C19H25ClN6O3. The molecule has 29 heavy (non-hydrogen) atoms. The Balaban J connectivity index is 1.53. The zero-order valence-corrected chi connectivity index (χ0v) is 17.5. The van der Waals surface area contributed by atoms with Gasteiger partial charge in [-0.1, -0.05) is 28.9 Å². The number of halogens is 1. The number of hydrogen-bond donors (Lipinski definition) is 1. The summed E-state index contributed by atoms with van der Waals surface area (Å²) in [6.07, 6.45) is -0.313. The van der Waals surface area contributed by atoms with Gasteiger partial charge in [-0.05, 0) is 32.9 Å². The second-order valence-electron chi connectivity index (χ2n) is 7.65. The molecule has 1 amide bonds. The number of nitrogens with two attached hydrogens (primary N) is 1. The Labute approximate surface area is 174 Å². The predicted molar refractivity (Wildman–Crippen MR) is 109 cm³/mol. The van der Waals surface area contributed by atoms with Crippen molar-refractivity contribution in [3.8, 4) is 11.4 Å². The van der Waals surface area contributed by atoms with Crippen LogP contribution in [-0.4, -0.2) is 63.8 Å². The van der Waals surface area contributed by atoms with E-state index in [1.54, 1.807) is 17.0 Å². The van der Waals surface area contributed by atoms with Crippen molar-refractivity contribution in [2.45, 2.75) is 32.9 Å². The lowest BCUT2D eigenvalue weighted by atomic mass is 10.2. The third-order valence-electron chi connectivity index (χ3n) is 4.18. The first kappa shape index (κ1) is 20.9. The summed E-state index contributed by atoms with van der Waals surface area (Å²) in [6, 6.07) is 7.21. The number of amides is 1. The SMILES string of the molecule is CC(C)(C)OC(=O)N1CCN(C(N)=NCc2nc(-c3cccc(Cl)c3)no2)CC1. The summed E-state index contributed by atoms with van der Waals surface area (Å²) in [7, 11) is 0. The van der Waals surface area contributed by atoms with E-state index in [1.807, 2.05) is 37.8 Å². The second-order valence-corrected chi connectivity index (χ2v) is 8.09. The Morgan fingerprint density at radius 2 is 1.97 bits per heavy atom. The minimum atomic E-state index is -0.511. The first-order valence-corrected chi connectivity index (χ1v) is 9.70. The van der Waals surface area contributed by atoms with Crippen LogP contribution in [-0.2, 0) is 11.3 Å². The first-order valence-electron chi connectivity index (χ1n) is 9.32. The molecule has 2 N–H and O–H groups in total. The van der Waals surface area contributed by atoms with E-state index in [4.69, 9.17) is 26.6 Å². The number of nitrogens with zero attached hydrogens (tertiary/aromatic N) is 5. The highest BCUT2D eigenvalue weighted by Crippen LogP contribution is 2.20. The molecule has 9 nitrogen and oxygen atoms in total. The van der Waals surface area contributed by atoms with Gasteiger partial charge in [-0.3, -0.25) is 0 Å². The molecule has 1 aromatic heterocycles. The monoisotopic (exact) mass is 420 g/mol. The molecule has 0 aliphatic carbocycles. The fourth-order valence-corrected chi connectivity index (χ4v) is 2.95. The Morgan fingerprint density at radius 1 is 1.28 bits per heavy atom. The summed E-state index contributed by atoms with van der Waals surface area (Å²) >= 11 is 5.99. The van der Waals surface area contributed by atoms with Crippen LogP contribution < -0.4 is 5.73 Å². The lowest BCUT2D eigenvalue weighted by molar-refractivity contribution is 0.0186. The number of carbonyl (C=O) groups excluding carboxylic acids is 1. The Hall–Kier alpha value is -2.81. The van der Waals surface area contributed by atoms with Gasteiger partial charge in [0, 0.05) is 36.8 Å². The molecule has 1 aliphatic rings. The molecule has 1 aromatic carbocycles. The number of benzene rings is 1. The van der Waals surface area contributed by atoms with Crippen molar-refractivity contribution in [1.29, 1.82) is 0 Å². The number of carbonyl (C=O) groups is 1. The zero-order chi connectivity index (χ0) is 21.0. The second kappa shape index (κ2) is 8.69. The van der Waals surface area contributed by atoms with Gasteiger partial charge in [-0.2, -0.15) is 4.98 Å². The predicted octanol–water partition coefficient (Wildman–Crippen LogP) is 2.76. The van der Waals surface area contributed by atoms with Crippen LogP contribution in [0.2, 0.25) is 5.02 Å². The summed E-state index contributed by atoms with van der Waals surface area (Å²) in [5, 5.41) is 4.55. The zero-order valence-electron chi connectivity index (χ0n) is 16.8. The third-order valence-corrected chi connectivity index (χ3v) is 4.42. The molecule has 2 heterocycles. The van der Waals surface area contributed by atoms with Crippen molar-refractivity contribution < 1.29 is 14.1 Å². The minimum absolute atomic E-state index is 0.172. The molecule has 0 bridgehead atoms. The van der Waals surface area contributed by atoms with E-state index in [-0.39, 0.29) is 12.6 Å². The Bertz CT molecular complexity index is 884. The molecule has 1 aliphatic heterocycles. The van der Waals surface area contributed by atoms with Crippen molar-refractivity contribution >= 4 is 23.7 Å². The Kier molecular flexibility index (Phi) is 6.26. The molecule has 0 saturated carbocycles. The van der Waals surface area contributed by atoms with Crippen molar-refractivity contribution in [3.63, 3.8) is 0 Å². The summed E-state index contributed by atoms with van der Waals surface area (Å²) in [5.41, 5.74) is 6.35. The molecule has 0 spiro atoms. The van der Waals surface area contributed by atoms with E-state index >= 15 is 0 Å². The van der Waals surface area contributed by atoms with Gasteiger partial charge in [0.15, 0.2) is 5.96 Å². The molecule has 1 saturated heterocycles. The Morgan fingerprint density at radius 3 is 2.62 bits per heavy atom. The average molecular weight is 421 g/mol. The van der Waals surface area contributed by atoms with Gasteiger partial charge >= 0.3 is 6.09 Å². The van der Waals surface area contributed by atoms with E-state index in [0.717, 1.165) is 5.56 Å². The molecular weight excluding hydrogens is 396 g/mol. The highest BCUT2D eigenvalue weighted by Gasteiger charge is 2.26. The van der Waals surface area contributed by atoms with Crippen LogP contribution in [0, 0.1) is 0 Å². The molecule has 0 radical (unpaired) electrons. The van der Waals surface area contributed by atoms with E-state index < -0.39 is 5.60 Å². The van der Waals surface area contributed by atoms with Gasteiger partial charge in [0.25, 0.3) is 0 Å². The van der Waals surface area contributed by atoms with Crippen LogP contribution in [0.1, 0.15) is 26.7 Å². The van der Waals surface area contributed by atoms with Crippen molar-refractivity contribution in [2.24, 2.45) is 10.7 Å². The van der Waals surface area contributed by atoms with Crippen LogP contribution in [0.5, 0.6) is 0 Å². The summed E-state index contributed by atoms with van der Waals surface area (Å²) < 4.78 is 10.6. The fraction of sp³-hybridized carbons (Fsp3) is 0.474. The summed E-state index contributed by atoms with van der Waals surface area (Å²) in [6.45, 7) is 7.91. The van der Waals surface area contributed by atoms with Crippen LogP contribution in [0.3, 0.4) is 0 Å². The van der Waals surface area contributed by atoms with Gasteiger partial charge in [-0.15, -0.1) is 0 Å². The topological polar surface area (TPSA) is 110 Å². The molecule has 0 unspecified atom stereocenters. The van der Waals surface area contributed by atoms with E-state index in [1.165, 1.54) is 0 Å². The standard InChI is InChI=1S/C19H25ClN6O3/c1-19(2,3)28-18(27)26-9-7-25(8-10-26)17(21)22-12-15-23-16(24-29-15)13-5-4-6-14(20)11-13/h4-6,11H,7-10,12H2,1-3H3,(H2,21,22). The smallest absolute Gasteiger partial charge is 0.410 e. The summed E-state index contributed by atoms with van der Waals surface area (Å²) in [5.74, 6) is 1.17. The molecule has 10 heteroatoms. The maximum atomic E-state index is 12.1. The number of rotatable bonds is 3. The lowest BCUT2D eigenvalue weighted by Gasteiger charge is -2.36. The molecule has 0 atom stereocenters. The van der Waals surface area contributed by atoms with Gasteiger partial charge in [0.2, 0.25) is 11.7 Å². The van der Waals surface area contributed by atoms with Crippen LogP contribution in [0.15, 0.2) is 33.8 Å². The molecule has 3 rings (SSSR count). The van der Waals surface area contributed by atoms with Gasteiger partial charge in [0.1, 0.15) is 12.1 Å². The number of hydrogen-bond acceptors (Lipinski definition) is 6. The van der Waals surface area contributed by atoms with E-state index in [9.17, 15) is 4.79 Å². The fourth-order valence-electron chi connectivity index (χ4n) is 2.76. The molecule has 2 aromatic rings.